The molecule has 0 radical (unpaired) electrons. The van der Waals surface area contributed by atoms with Crippen LogP contribution < -0.4 is 21.2 Å². The summed E-state index contributed by atoms with van der Waals surface area (Å²) in [6.07, 6.45) is 0. The quantitative estimate of drug-likeness (QED) is 0.691. The summed E-state index contributed by atoms with van der Waals surface area (Å²) in [6, 6.07) is 26.1. The van der Waals surface area contributed by atoms with Gasteiger partial charge in [0.1, 0.15) is 0 Å². The molecule has 2 nitrogen and oxygen atoms in total. The lowest BCUT2D eigenvalue weighted by Crippen LogP contribution is -2.31. The van der Waals surface area contributed by atoms with Gasteiger partial charge in [-0.15, -0.1) is 0 Å². The van der Waals surface area contributed by atoms with E-state index in [0.717, 1.165) is 10.6 Å². The summed E-state index contributed by atoms with van der Waals surface area (Å²) in [5.74, 6) is 0. The maximum Gasteiger partial charge on any atom is 0.363 e. The average molecular weight is 325 g/mol. The molecule has 0 amide bonds. The predicted octanol–water partition coefficient (Wildman–Crippen LogP) is 2.98. The molecule has 0 heterocycles. The van der Waals surface area contributed by atoms with Crippen molar-refractivity contribution < 1.29 is 9.13 Å². The Bertz CT molecular complexity index is 786. The van der Waals surface area contributed by atoms with Gasteiger partial charge in [-0.25, -0.2) is 0 Å². The van der Waals surface area contributed by atoms with Crippen LogP contribution in [0.2, 0.25) is 0 Å². The first-order valence-corrected chi connectivity index (χ1v) is 9.57. The van der Waals surface area contributed by atoms with Crippen molar-refractivity contribution in [3.8, 4) is 0 Å². The molecular weight excluding hydrogens is 310 g/mol. The van der Waals surface area contributed by atoms with E-state index in [4.69, 9.17) is 0 Å². The van der Waals surface area contributed by atoms with Crippen LogP contribution in [0.25, 0.3) is 0 Å². The monoisotopic (exact) mass is 325 g/mol. The summed E-state index contributed by atoms with van der Waals surface area (Å²) in [5, 5.41) is 2.79. The third-order valence-electron chi connectivity index (χ3n) is 3.59. The van der Waals surface area contributed by atoms with E-state index in [1.165, 1.54) is 0 Å². The molecule has 3 aromatic rings. The second-order valence-electron chi connectivity index (χ2n) is 4.90. The third kappa shape index (κ3) is 2.57. The van der Waals surface area contributed by atoms with Gasteiger partial charge in [-0.3, -0.25) is 0 Å². The molecule has 4 heteroatoms. The second-order valence-corrected chi connectivity index (χ2v) is 8.38. The van der Waals surface area contributed by atoms with Crippen LogP contribution >= 0.6 is 15.6 Å². The minimum Gasteiger partial charge on any atom is -0.308 e. The van der Waals surface area contributed by atoms with Crippen LogP contribution in [0, 0.1) is 0 Å². The zero-order valence-electron chi connectivity index (χ0n) is 11.8. The van der Waals surface area contributed by atoms with Gasteiger partial charge in [-0.2, -0.15) is 0 Å². The molecule has 1 atom stereocenters. The lowest BCUT2D eigenvalue weighted by molar-refractivity contribution is 0.592. The van der Waals surface area contributed by atoms with Crippen molar-refractivity contribution in [2.24, 2.45) is 0 Å². The maximum atomic E-state index is 14.1. The molecule has 0 saturated heterocycles. The first-order chi connectivity index (χ1) is 10.8. The van der Waals surface area contributed by atoms with Gasteiger partial charge < -0.3 is 4.57 Å². The van der Waals surface area contributed by atoms with E-state index in [1.54, 1.807) is 6.07 Å². The van der Waals surface area contributed by atoms with Crippen molar-refractivity contribution in [3.05, 3.63) is 84.9 Å². The maximum absolute atomic E-state index is 14.1. The summed E-state index contributed by atoms with van der Waals surface area (Å²) >= 11 is 0. The summed E-state index contributed by atoms with van der Waals surface area (Å²) < 4.78 is 25.6. The molecule has 0 aliphatic rings. The summed E-state index contributed by atoms with van der Waals surface area (Å²) in [7, 11) is -3.65. The number of hydrogen-bond acceptors (Lipinski definition) is 2. The predicted molar refractivity (Wildman–Crippen MR) is 94.5 cm³/mol. The SMILES string of the molecule is O=[PH+]c1ccccc1P(=O)(c1ccccc1)c1ccccc1. The highest BCUT2D eigenvalue weighted by atomic mass is 31.2. The van der Waals surface area contributed by atoms with Crippen molar-refractivity contribution in [1.82, 2.24) is 0 Å². The smallest absolute Gasteiger partial charge is 0.308 e. The Morgan fingerprint density at radius 2 is 1.09 bits per heavy atom. The van der Waals surface area contributed by atoms with Gasteiger partial charge in [0, 0.05) is 10.6 Å². The van der Waals surface area contributed by atoms with Gasteiger partial charge in [-0.1, -0.05) is 77.4 Å². The van der Waals surface area contributed by atoms with Crippen LogP contribution in [-0.4, -0.2) is 0 Å². The molecule has 0 spiro atoms. The fourth-order valence-corrected chi connectivity index (χ4v) is 6.25. The van der Waals surface area contributed by atoms with Crippen LogP contribution in [0.4, 0.5) is 0 Å². The molecule has 22 heavy (non-hydrogen) atoms. The average Bonchev–Trinajstić information content (AvgIpc) is 2.62. The van der Waals surface area contributed by atoms with Crippen LogP contribution in [0.1, 0.15) is 0 Å². The van der Waals surface area contributed by atoms with Gasteiger partial charge in [0.05, 0.1) is 5.30 Å². The van der Waals surface area contributed by atoms with E-state index >= 15 is 0 Å². The highest BCUT2D eigenvalue weighted by Gasteiger charge is 2.33. The van der Waals surface area contributed by atoms with Crippen LogP contribution in [0.5, 0.6) is 0 Å². The minimum absolute atomic E-state index is 0.624. The van der Waals surface area contributed by atoms with Crippen molar-refractivity contribution in [2.75, 3.05) is 0 Å². The van der Waals surface area contributed by atoms with Gasteiger partial charge in [-0.05, 0) is 12.1 Å². The summed E-state index contributed by atoms with van der Waals surface area (Å²) in [6.45, 7) is 0. The zero-order chi connectivity index (χ0) is 15.4. The Labute approximate surface area is 131 Å². The Kier molecular flexibility index (Phi) is 4.34. The Hall–Kier alpha value is -2.01. The molecule has 108 valence electrons. The summed E-state index contributed by atoms with van der Waals surface area (Å²) in [5.41, 5.74) is 0. The van der Waals surface area contributed by atoms with Crippen LogP contribution in [0.3, 0.4) is 0 Å². The van der Waals surface area contributed by atoms with Gasteiger partial charge in [0.15, 0.2) is 12.4 Å². The van der Waals surface area contributed by atoms with E-state index in [1.807, 2.05) is 78.9 Å². The number of rotatable bonds is 4. The third-order valence-corrected chi connectivity index (χ3v) is 7.58. The van der Waals surface area contributed by atoms with E-state index in [-0.39, 0.29) is 0 Å². The highest BCUT2D eigenvalue weighted by molar-refractivity contribution is 7.86. The minimum atomic E-state index is -3.02. The Morgan fingerprint density at radius 3 is 1.59 bits per heavy atom. The number of hydrogen-bond donors (Lipinski definition) is 0. The molecule has 3 aromatic carbocycles. The van der Waals surface area contributed by atoms with Gasteiger partial charge in [0.25, 0.3) is 0 Å². The van der Waals surface area contributed by atoms with Crippen molar-refractivity contribution in [1.29, 1.82) is 0 Å². The lowest BCUT2D eigenvalue weighted by Gasteiger charge is -2.19. The van der Waals surface area contributed by atoms with Gasteiger partial charge in [0.2, 0.25) is 0 Å². The topological polar surface area (TPSA) is 34.1 Å². The molecule has 0 saturated carbocycles. The first-order valence-electron chi connectivity index (χ1n) is 6.96. The van der Waals surface area contributed by atoms with Crippen LogP contribution in [0.15, 0.2) is 84.9 Å². The van der Waals surface area contributed by atoms with E-state index in [2.05, 4.69) is 0 Å². The second kappa shape index (κ2) is 6.40. The fraction of sp³-hybridized carbons (Fsp3) is 0. The molecule has 3 rings (SSSR count). The van der Waals surface area contributed by atoms with Crippen molar-refractivity contribution >= 4 is 36.8 Å². The molecule has 0 aliphatic heterocycles. The fourth-order valence-electron chi connectivity index (χ4n) is 2.54. The Balaban J connectivity index is 2.34. The molecule has 0 fully saturated rings. The largest absolute Gasteiger partial charge is 0.363 e. The molecule has 0 bridgehead atoms. The molecular formula is C18H15O2P2+. The standard InChI is InChI=1S/C18H14O2P2/c19-21-17-13-7-8-14-18(17)22(20,15-9-3-1-4-10-15)16-11-5-2-6-12-16/h1-14H/p+1. The molecule has 0 aliphatic carbocycles. The highest BCUT2D eigenvalue weighted by Crippen LogP contribution is 2.42. The Morgan fingerprint density at radius 1 is 0.636 bits per heavy atom. The van der Waals surface area contributed by atoms with Gasteiger partial charge >= 0.3 is 8.46 Å². The zero-order valence-corrected chi connectivity index (χ0v) is 13.7. The van der Waals surface area contributed by atoms with E-state index < -0.39 is 15.6 Å². The normalized spacial score (nSPS) is 11.5. The lowest BCUT2D eigenvalue weighted by atomic mass is 10.3. The van der Waals surface area contributed by atoms with Crippen molar-refractivity contribution in [3.63, 3.8) is 0 Å². The summed E-state index contributed by atoms with van der Waals surface area (Å²) in [4.78, 5) is 0. The van der Waals surface area contributed by atoms with E-state index in [9.17, 15) is 9.13 Å². The molecule has 1 unspecified atom stereocenters. The van der Waals surface area contributed by atoms with Crippen LogP contribution in [-0.2, 0) is 9.13 Å². The number of benzene rings is 3. The first kappa shape index (κ1) is 14.9. The molecule has 0 aromatic heterocycles. The molecule has 0 N–H and O–H groups in total. The van der Waals surface area contributed by atoms with E-state index in [0.29, 0.717) is 10.6 Å². The van der Waals surface area contributed by atoms with Crippen molar-refractivity contribution in [2.45, 2.75) is 0 Å².